The van der Waals surface area contributed by atoms with E-state index in [9.17, 15) is 9.18 Å². The van der Waals surface area contributed by atoms with Crippen molar-refractivity contribution in [1.82, 2.24) is 9.55 Å². The van der Waals surface area contributed by atoms with Gasteiger partial charge in [0.05, 0.1) is 18.6 Å². The van der Waals surface area contributed by atoms with Crippen LogP contribution in [0.25, 0.3) is 0 Å². The Morgan fingerprint density at radius 3 is 2.70 bits per heavy atom. The molecule has 0 saturated heterocycles. The van der Waals surface area contributed by atoms with Crippen LogP contribution in [0.3, 0.4) is 0 Å². The molecule has 2 aromatic carbocycles. The molecule has 0 fully saturated rings. The largest absolute Gasteiger partial charge is 0.321 e. The fourth-order valence-electron chi connectivity index (χ4n) is 2.44. The Hall–Kier alpha value is -2.95. The second kappa shape index (κ2) is 6.44. The second-order valence-electron chi connectivity index (χ2n) is 5.24. The molecule has 1 atom stereocenters. The summed E-state index contributed by atoms with van der Waals surface area (Å²) in [7, 11) is 0. The van der Waals surface area contributed by atoms with E-state index in [1.54, 1.807) is 23.0 Å². The lowest BCUT2D eigenvalue weighted by molar-refractivity contribution is 0.101. The quantitative estimate of drug-likeness (QED) is 0.795. The summed E-state index contributed by atoms with van der Waals surface area (Å²) < 4.78 is 15.0. The molecule has 23 heavy (non-hydrogen) atoms. The number of benzene rings is 2. The van der Waals surface area contributed by atoms with Gasteiger partial charge in [0.2, 0.25) is 0 Å². The van der Waals surface area contributed by atoms with Crippen LogP contribution in [0.2, 0.25) is 0 Å². The zero-order valence-corrected chi connectivity index (χ0v) is 12.6. The monoisotopic (exact) mass is 309 g/mol. The number of carbonyl (C=O) groups excluding carboxylic acids is 1. The van der Waals surface area contributed by atoms with Crippen molar-refractivity contribution in [1.29, 1.82) is 0 Å². The van der Waals surface area contributed by atoms with Crippen molar-refractivity contribution < 1.29 is 9.18 Å². The molecule has 1 aromatic heterocycles. The van der Waals surface area contributed by atoms with E-state index in [0.717, 1.165) is 5.56 Å². The molecule has 3 aromatic rings. The van der Waals surface area contributed by atoms with Gasteiger partial charge in [-0.25, -0.2) is 9.37 Å². The van der Waals surface area contributed by atoms with Crippen LogP contribution in [0.4, 0.5) is 10.1 Å². The highest BCUT2D eigenvalue weighted by atomic mass is 19.1. The molecule has 116 valence electrons. The van der Waals surface area contributed by atoms with Crippen molar-refractivity contribution in [2.24, 2.45) is 0 Å². The minimum Gasteiger partial charge on any atom is -0.321 e. The third-order valence-electron chi connectivity index (χ3n) is 3.68. The van der Waals surface area contributed by atoms with E-state index >= 15 is 0 Å². The summed E-state index contributed by atoms with van der Waals surface area (Å²) in [4.78, 5) is 16.5. The van der Waals surface area contributed by atoms with Crippen LogP contribution in [0.15, 0.2) is 67.1 Å². The summed E-state index contributed by atoms with van der Waals surface area (Å²) in [6.07, 6.45) is 3.13. The van der Waals surface area contributed by atoms with Gasteiger partial charge in [0.15, 0.2) is 0 Å². The fraction of sp³-hybridized carbons (Fsp3) is 0.111. The lowest BCUT2D eigenvalue weighted by Gasteiger charge is -2.16. The summed E-state index contributed by atoms with van der Waals surface area (Å²) >= 11 is 0. The number of halogens is 1. The standard InChI is InChI=1S/C18H16FN3O/c1-13(14-6-3-2-4-7-14)22-12-20-11-17(22)18(23)21-16-9-5-8-15(19)10-16/h2-13H,1H3,(H,21,23)/t13-/m1/s1. The molecule has 1 amide bonds. The maximum atomic E-state index is 13.2. The summed E-state index contributed by atoms with van der Waals surface area (Å²) in [6.45, 7) is 2.00. The first-order valence-corrected chi connectivity index (χ1v) is 7.29. The Morgan fingerprint density at radius 2 is 1.96 bits per heavy atom. The zero-order chi connectivity index (χ0) is 16.2. The van der Waals surface area contributed by atoms with E-state index in [-0.39, 0.29) is 11.9 Å². The Labute approximate surface area is 133 Å². The molecular formula is C18H16FN3O. The number of hydrogen-bond acceptors (Lipinski definition) is 2. The van der Waals surface area contributed by atoms with Gasteiger partial charge in [0.25, 0.3) is 5.91 Å². The van der Waals surface area contributed by atoms with Crippen LogP contribution in [-0.2, 0) is 0 Å². The Balaban J connectivity index is 1.84. The minimum atomic E-state index is -0.394. The number of imidazole rings is 1. The number of nitrogens with zero attached hydrogens (tertiary/aromatic N) is 2. The molecule has 4 nitrogen and oxygen atoms in total. The number of carbonyl (C=O) groups is 1. The van der Waals surface area contributed by atoms with E-state index in [2.05, 4.69) is 10.3 Å². The first-order valence-electron chi connectivity index (χ1n) is 7.29. The molecule has 0 spiro atoms. The Morgan fingerprint density at radius 1 is 1.17 bits per heavy atom. The van der Waals surface area contributed by atoms with Crippen molar-refractivity contribution >= 4 is 11.6 Å². The first-order chi connectivity index (χ1) is 11.1. The molecule has 5 heteroatoms. The fourth-order valence-corrected chi connectivity index (χ4v) is 2.44. The van der Waals surface area contributed by atoms with Gasteiger partial charge in [0, 0.05) is 5.69 Å². The van der Waals surface area contributed by atoms with Crippen molar-refractivity contribution in [2.75, 3.05) is 5.32 Å². The smallest absolute Gasteiger partial charge is 0.273 e. The summed E-state index contributed by atoms with van der Waals surface area (Å²) in [6, 6.07) is 15.6. The van der Waals surface area contributed by atoms with Crippen LogP contribution >= 0.6 is 0 Å². The third kappa shape index (κ3) is 3.29. The number of nitrogens with one attached hydrogen (secondary N) is 1. The van der Waals surface area contributed by atoms with Crippen molar-refractivity contribution in [3.05, 3.63) is 84.2 Å². The molecule has 0 bridgehead atoms. The molecule has 0 aliphatic heterocycles. The minimum absolute atomic E-state index is 0.0352. The molecular weight excluding hydrogens is 293 g/mol. The van der Waals surface area contributed by atoms with Gasteiger partial charge >= 0.3 is 0 Å². The predicted octanol–water partition coefficient (Wildman–Crippen LogP) is 3.88. The molecule has 0 aliphatic rings. The van der Waals surface area contributed by atoms with Gasteiger partial charge in [0.1, 0.15) is 11.5 Å². The van der Waals surface area contributed by atoms with E-state index in [1.807, 2.05) is 37.3 Å². The van der Waals surface area contributed by atoms with E-state index in [1.165, 1.54) is 18.3 Å². The average Bonchev–Trinajstić information content (AvgIpc) is 3.05. The number of rotatable bonds is 4. The van der Waals surface area contributed by atoms with Crippen LogP contribution in [0.1, 0.15) is 29.0 Å². The number of anilines is 1. The van der Waals surface area contributed by atoms with Gasteiger partial charge < -0.3 is 9.88 Å². The molecule has 1 N–H and O–H groups in total. The van der Waals surface area contributed by atoms with Crippen molar-refractivity contribution in [3.63, 3.8) is 0 Å². The highest BCUT2D eigenvalue weighted by Crippen LogP contribution is 2.20. The summed E-state index contributed by atoms with van der Waals surface area (Å²) in [5, 5.41) is 2.69. The van der Waals surface area contributed by atoms with Crippen LogP contribution in [0.5, 0.6) is 0 Å². The van der Waals surface area contributed by atoms with Gasteiger partial charge in [-0.2, -0.15) is 0 Å². The molecule has 3 rings (SSSR count). The topological polar surface area (TPSA) is 46.9 Å². The Bertz CT molecular complexity index is 814. The molecule has 1 heterocycles. The highest BCUT2D eigenvalue weighted by molar-refractivity contribution is 6.03. The third-order valence-corrected chi connectivity index (χ3v) is 3.68. The van der Waals surface area contributed by atoms with Crippen molar-refractivity contribution in [3.8, 4) is 0 Å². The molecule has 0 saturated carbocycles. The first kappa shape index (κ1) is 15.0. The highest BCUT2D eigenvalue weighted by Gasteiger charge is 2.17. The van der Waals surface area contributed by atoms with Gasteiger partial charge in [-0.1, -0.05) is 36.4 Å². The number of hydrogen-bond donors (Lipinski definition) is 1. The van der Waals surface area contributed by atoms with Gasteiger partial charge in [-0.05, 0) is 30.7 Å². The predicted molar refractivity (Wildman–Crippen MR) is 86.8 cm³/mol. The molecule has 0 aliphatic carbocycles. The maximum absolute atomic E-state index is 13.2. The summed E-state index contributed by atoms with van der Waals surface area (Å²) in [5.41, 5.74) is 1.91. The van der Waals surface area contributed by atoms with E-state index in [4.69, 9.17) is 0 Å². The molecule has 0 radical (unpaired) electrons. The normalized spacial score (nSPS) is 11.9. The van der Waals surface area contributed by atoms with Crippen LogP contribution in [-0.4, -0.2) is 15.5 Å². The second-order valence-corrected chi connectivity index (χ2v) is 5.24. The average molecular weight is 309 g/mol. The maximum Gasteiger partial charge on any atom is 0.273 e. The van der Waals surface area contributed by atoms with Gasteiger partial charge in [-0.3, -0.25) is 4.79 Å². The van der Waals surface area contributed by atoms with E-state index < -0.39 is 5.82 Å². The molecule has 0 unspecified atom stereocenters. The number of aromatic nitrogens is 2. The Kier molecular flexibility index (Phi) is 4.19. The van der Waals surface area contributed by atoms with Crippen LogP contribution in [0, 0.1) is 5.82 Å². The lowest BCUT2D eigenvalue weighted by Crippen LogP contribution is -2.19. The zero-order valence-electron chi connectivity index (χ0n) is 12.6. The SMILES string of the molecule is C[C@H](c1ccccc1)n1cncc1C(=O)Nc1cccc(F)c1. The van der Waals surface area contributed by atoms with E-state index in [0.29, 0.717) is 11.4 Å². The summed E-state index contributed by atoms with van der Waals surface area (Å²) in [5.74, 6) is -0.718. The number of amides is 1. The van der Waals surface area contributed by atoms with Crippen molar-refractivity contribution in [2.45, 2.75) is 13.0 Å². The lowest BCUT2D eigenvalue weighted by atomic mass is 10.1. The van der Waals surface area contributed by atoms with Crippen LogP contribution < -0.4 is 5.32 Å². The van der Waals surface area contributed by atoms with Gasteiger partial charge in [-0.15, -0.1) is 0 Å².